The van der Waals surface area contributed by atoms with E-state index in [2.05, 4.69) is 22.9 Å². The highest BCUT2D eigenvalue weighted by molar-refractivity contribution is 9.09. The maximum atomic E-state index is 5.57. The van der Waals surface area contributed by atoms with Crippen molar-refractivity contribution in [3.63, 3.8) is 0 Å². The van der Waals surface area contributed by atoms with Crippen LogP contribution in [0, 0.1) is 5.92 Å². The molecule has 0 N–H and O–H groups in total. The Hall–Kier alpha value is 0.400. The predicted molar refractivity (Wildman–Crippen MR) is 61.7 cm³/mol. The van der Waals surface area contributed by atoms with Crippen LogP contribution in [0.15, 0.2) is 0 Å². The van der Waals surface area contributed by atoms with Crippen molar-refractivity contribution in [1.82, 2.24) is 0 Å². The molecule has 1 saturated heterocycles. The van der Waals surface area contributed by atoms with Crippen LogP contribution in [0.4, 0.5) is 0 Å². The Labute approximate surface area is 95.5 Å². The second kappa shape index (κ2) is 7.66. The summed E-state index contributed by atoms with van der Waals surface area (Å²) in [4.78, 5) is 0. The maximum absolute atomic E-state index is 5.57. The highest BCUT2D eigenvalue weighted by Gasteiger charge is 2.25. The minimum absolute atomic E-state index is 0.0839. The molecule has 1 rings (SSSR count). The summed E-state index contributed by atoms with van der Waals surface area (Å²) in [6.45, 7) is 3.79. The van der Waals surface area contributed by atoms with Crippen LogP contribution in [0.5, 0.6) is 0 Å². The molecule has 1 fully saturated rings. The lowest BCUT2D eigenvalue weighted by molar-refractivity contribution is -0.0880. The van der Waals surface area contributed by atoms with Gasteiger partial charge in [-0.1, -0.05) is 35.7 Å². The molecule has 0 aromatic heterocycles. The van der Waals surface area contributed by atoms with Gasteiger partial charge in [0.25, 0.3) is 0 Å². The van der Waals surface area contributed by atoms with Gasteiger partial charge in [0.05, 0.1) is 13.2 Å². The van der Waals surface area contributed by atoms with E-state index in [-0.39, 0.29) is 6.29 Å². The molecule has 0 saturated carbocycles. The van der Waals surface area contributed by atoms with Crippen molar-refractivity contribution in [3.8, 4) is 0 Å². The lowest BCUT2D eigenvalue weighted by Crippen LogP contribution is -2.21. The summed E-state index contributed by atoms with van der Waals surface area (Å²) in [6.07, 6.45) is 6.32. The van der Waals surface area contributed by atoms with Crippen LogP contribution >= 0.6 is 15.9 Å². The van der Waals surface area contributed by atoms with Gasteiger partial charge >= 0.3 is 0 Å². The fraction of sp³-hybridized carbons (Fsp3) is 1.00. The van der Waals surface area contributed by atoms with Crippen molar-refractivity contribution in [1.29, 1.82) is 0 Å². The number of hydrogen-bond donors (Lipinski definition) is 0. The van der Waals surface area contributed by atoms with Gasteiger partial charge in [0, 0.05) is 11.2 Å². The zero-order valence-corrected chi connectivity index (χ0v) is 10.6. The van der Waals surface area contributed by atoms with Crippen LogP contribution in [0.3, 0.4) is 0 Å². The number of unbranched alkanes of at least 4 members (excludes halogenated alkanes) is 1. The summed E-state index contributed by atoms with van der Waals surface area (Å²) in [5.74, 6) is 0.606. The average molecular weight is 265 g/mol. The highest BCUT2D eigenvalue weighted by Crippen LogP contribution is 2.25. The third-order valence-electron chi connectivity index (χ3n) is 2.67. The number of rotatable bonds is 7. The number of alkyl halides is 1. The summed E-state index contributed by atoms with van der Waals surface area (Å²) in [6, 6.07) is 0. The van der Waals surface area contributed by atoms with E-state index in [4.69, 9.17) is 9.47 Å². The second-order valence-corrected chi connectivity index (χ2v) is 4.64. The molecule has 1 aliphatic rings. The summed E-state index contributed by atoms with van der Waals surface area (Å²) in [5, 5.41) is 1.09. The van der Waals surface area contributed by atoms with Crippen LogP contribution in [0.1, 0.15) is 39.0 Å². The molecule has 1 aliphatic heterocycles. The minimum atomic E-state index is 0.0839. The van der Waals surface area contributed by atoms with Gasteiger partial charge < -0.3 is 9.47 Å². The van der Waals surface area contributed by atoms with E-state index < -0.39 is 0 Å². The Kier molecular flexibility index (Phi) is 6.82. The smallest absolute Gasteiger partial charge is 0.160 e. The minimum Gasteiger partial charge on any atom is -0.350 e. The predicted octanol–water partition coefficient (Wildman–Crippen LogP) is 3.34. The Bertz CT molecular complexity index is 127. The van der Waals surface area contributed by atoms with Gasteiger partial charge in [0.15, 0.2) is 6.29 Å². The van der Waals surface area contributed by atoms with Crippen LogP contribution in [-0.4, -0.2) is 24.8 Å². The number of halogens is 1. The van der Waals surface area contributed by atoms with Gasteiger partial charge in [-0.2, -0.15) is 0 Å². The van der Waals surface area contributed by atoms with Crippen molar-refractivity contribution in [2.45, 2.75) is 45.3 Å². The molecule has 1 heterocycles. The molecule has 0 aromatic carbocycles. The van der Waals surface area contributed by atoms with Gasteiger partial charge in [-0.3, -0.25) is 0 Å². The topological polar surface area (TPSA) is 18.5 Å². The van der Waals surface area contributed by atoms with E-state index in [1.54, 1.807) is 0 Å². The first-order chi connectivity index (χ1) is 6.88. The molecule has 2 nitrogen and oxygen atoms in total. The molecule has 0 spiro atoms. The van der Waals surface area contributed by atoms with Gasteiger partial charge in [-0.15, -0.1) is 0 Å². The summed E-state index contributed by atoms with van der Waals surface area (Å²) < 4.78 is 11.1. The molecule has 0 aliphatic carbocycles. The fourth-order valence-electron chi connectivity index (χ4n) is 1.87. The van der Waals surface area contributed by atoms with Gasteiger partial charge in [0.1, 0.15) is 0 Å². The van der Waals surface area contributed by atoms with Gasteiger partial charge in [-0.05, 0) is 19.3 Å². The SMILES string of the molecule is CCCCC(CCCBr)C1OCCO1. The van der Waals surface area contributed by atoms with Crippen LogP contribution < -0.4 is 0 Å². The summed E-state index contributed by atoms with van der Waals surface area (Å²) in [5.41, 5.74) is 0. The van der Waals surface area contributed by atoms with Gasteiger partial charge in [-0.25, -0.2) is 0 Å². The fourth-order valence-corrected chi connectivity index (χ4v) is 2.19. The molecule has 0 amide bonds. The lowest BCUT2D eigenvalue weighted by atomic mass is 9.96. The maximum Gasteiger partial charge on any atom is 0.160 e. The van der Waals surface area contributed by atoms with Crippen LogP contribution in [0.2, 0.25) is 0 Å². The normalized spacial score (nSPS) is 20.1. The first-order valence-electron chi connectivity index (χ1n) is 5.67. The van der Waals surface area contributed by atoms with E-state index >= 15 is 0 Å². The lowest BCUT2D eigenvalue weighted by Gasteiger charge is -2.21. The molecule has 14 heavy (non-hydrogen) atoms. The quantitative estimate of drug-likeness (QED) is 0.657. The monoisotopic (exact) mass is 264 g/mol. The molecule has 0 aromatic rings. The van der Waals surface area contributed by atoms with Crippen molar-refractivity contribution in [2.75, 3.05) is 18.5 Å². The molecule has 84 valence electrons. The van der Waals surface area contributed by atoms with Crippen molar-refractivity contribution in [2.24, 2.45) is 5.92 Å². The molecule has 0 bridgehead atoms. The molecule has 1 unspecified atom stereocenters. The van der Waals surface area contributed by atoms with Crippen molar-refractivity contribution >= 4 is 15.9 Å². The first-order valence-corrected chi connectivity index (χ1v) is 6.79. The number of ether oxygens (including phenoxy) is 2. The first kappa shape index (κ1) is 12.5. The zero-order valence-electron chi connectivity index (χ0n) is 9.01. The van der Waals surface area contributed by atoms with Gasteiger partial charge in [0.2, 0.25) is 0 Å². The standard InChI is InChI=1S/C11H21BrO2/c1-2-3-5-10(6-4-7-12)11-13-8-9-14-11/h10-11H,2-9H2,1H3. The molecule has 0 radical (unpaired) electrons. The third-order valence-corrected chi connectivity index (χ3v) is 3.23. The van der Waals surface area contributed by atoms with Crippen molar-refractivity contribution < 1.29 is 9.47 Å². The Morgan fingerprint density at radius 2 is 1.86 bits per heavy atom. The second-order valence-electron chi connectivity index (χ2n) is 3.84. The van der Waals surface area contributed by atoms with E-state index in [0.29, 0.717) is 5.92 Å². The largest absolute Gasteiger partial charge is 0.350 e. The summed E-state index contributed by atoms with van der Waals surface area (Å²) >= 11 is 3.47. The Balaban J connectivity index is 2.26. The Morgan fingerprint density at radius 3 is 2.43 bits per heavy atom. The van der Waals surface area contributed by atoms with E-state index in [9.17, 15) is 0 Å². The zero-order chi connectivity index (χ0) is 10.2. The highest BCUT2D eigenvalue weighted by atomic mass is 79.9. The molecule has 1 atom stereocenters. The van der Waals surface area contributed by atoms with Crippen LogP contribution in [0.25, 0.3) is 0 Å². The van der Waals surface area contributed by atoms with E-state index in [1.165, 1.54) is 32.1 Å². The number of hydrogen-bond acceptors (Lipinski definition) is 2. The molecular weight excluding hydrogens is 244 g/mol. The average Bonchev–Trinajstić information content (AvgIpc) is 2.71. The Morgan fingerprint density at radius 1 is 1.21 bits per heavy atom. The van der Waals surface area contributed by atoms with Crippen molar-refractivity contribution in [3.05, 3.63) is 0 Å². The summed E-state index contributed by atoms with van der Waals surface area (Å²) in [7, 11) is 0. The van der Waals surface area contributed by atoms with E-state index in [0.717, 1.165) is 18.5 Å². The third kappa shape index (κ3) is 4.28. The molecular formula is C11H21BrO2. The van der Waals surface area contributed by atoms with E-state index in [1.807, 2.05) is 0 Å². The van der Waals surface area contributed by atoms with Crippen LogP contribution in [-0.2, 0) is 9.47 Å². The molecule has 3 heteroatoms.